The van der Waals surface area contributed by atoms with Crippen molar-refractivity contribution in [1.29, 1.82) is 0 Å². The second kappa shape index (κ2) is 6.45. The Morgan fingerprint density at radius 2 is 2.08 bits per heavy atom. The average molecular weight is 327 g/mol. The summed E-state index contributed by atoms with van der Waals surface area (Å²) in [5, 5.41) is 0. The van der Waals surface area contributed by atoms with E-state index in [1.54, 1.807) is 7.11 Å². The minimum absolute atomic E-state index is 0.0455. The Morgan fingerprint density at radius 3 is 2.62 bits per heavy atom. The number of amides is 1. The average Bonchev–Trinajstić information content (AvgIpc) is 2.94. The molecule has 0 bridgehead atoms. The van der Waals surface area contributed by atoms with Crippen LogP contribution in [0.4, 0.5) is 0 Å². The van der Waals surface area contributed by atoms with Gasteiger partial charge in [0, 0.05) is 19.6 Å². The lowest BCUT2D eigenvalue weighted by Gasteiger charge is -2.51. The van der Waals surface area contributed by atoms with Gasteiger partial charge >= 0.3 is 0 Å². The highest BCUT2D eigenvalue weighted by molar-refractivity contribution is 5.93. The number of ether oxygens (including phenoxy) is 1. The molecule has 1 spiro atoms. The highest BCUT2D eigenvalue weighted by Gasteiger charge is 2.62. The molecule has 1 amide bonds. The molecule has 0 aromatic heterocycles. The first kappa shape index (κ1) is 16.8. The Bertz CT molecular complexity index is 650. The van der Waals surface area contributed by atoms with Crippen LogP contribution in [0, 0.1) is 12.5 Å². The van der Waals surface area contributed by atoms with Crippen molar-refractivity contribution in [1.82, 2.24) is 9.80 Å². The molecule has 2 atom stereocenters. The summed E-state index contributed by atoms with van der Waals surface area (Å²) < 4.78 is 5.17. The number of β-lactam (4-membered cyclic amide) rings is 1. The molecule has 3 rings (SSSR count). The van der Waals surface area contributed by atoms with E-state index < -0.39 is 5.54 Å². The van der Waals surface area contributed by atoms with Crippen molar-refractivity contribution < 1.29 is 9.53 Å². The molecule has 1 aromatic rings. The maximum absolute atomic E-state index is 12.9. The largest absolute Gasteiger partial charge is 0.497 e. The van der Waals surface area contributed by atoms with Crippen LogP contribution in [-0.4, -0.2) is 54.0 Å². The van der Waals surface area contributed by atoms with E-state index in [0.29, 0.717) is 18.9 Å². The molecule has 1 unspecified atom stereocenters. The number of carbonyl (C=O) groups excluding carboxylic acids is 1. The first-order valence-electron chi connectivity index (χ1n) is 8.52. The lowest BCUT2D eigenvalue weighted by atomic mass is 9.84. The molecule has 2 fully saturated rings. The van der Waals surface area contributed by atoms with Crippen molar-refractivity contribution in [3.63, 3.8) is 0 Å². The third kappa shape index (κ3) is 2.87. The second-order valence-corrected chi connectivity index (χ2v) is 7.33. The van der Waals surface area contributed by atoms with Gasteiger partial charge in [0.1, 0.15) is 11.3 Å². The summed E-state index contributed by atoms with van der Waals surface area (Å²) >= 11 is 0. The standard InChI is InChI=1S/C19H25N3O2/c1-14(2)10-22-12-16(20-3)9-19(22)13-21(18(19)23)11-15-5-7-17(24-4)8-6-15/h5-8,14,16H,9-13H2,1-2,4H3/t16-,19?/m0/s1. The number of carbonyl (C=O) groups is 1. The molecule has 5 heteroatoms. The molecule has 24 heavy (non-hydrogen) atoms. The maximum atomic E-state index is 12.9. The molecule has 2 heterocycles. The molecule has 0 aliphatic carbocycles. The number of likely N-dealkylation sites (tertiary alicyclic amines) is 2. The predicted octanol–water partition coefficient (Wildman–Crippen LogP) is 2.43. The summed E-state index contributed by atoms with van der Waals surface area (Å²) in [7, 11) is 1.65. The molecule has 1 aromatic carbocycles. The fourth-order valence-corrected chi connectivity index (χ4v) is 3.91. The second-order valence-electron chi connectivity index (χ2n) is 7.33. The Balaban J connectivity index is 1.69. The maximum Gasteiger partial charge on any atom is 0.245 e. The zero-order valence-corrected chi connectivity index (χ0v) is 14.7. The molecule has 2 aliphatic rings. The van der Waals surface area contributed by atoms with Gasteiger partial charge in [-0.1, -0.05) is 26.0 Å². The van der Waals surface area contributed by atoms with Gasteiger partial charge in [0.15, 0.2) is 0 Å². The quantitative estimate of drug-likeness (QED) is 0.616. The molecular formula is C19H25N3O2. The van der Waals surface area contributed by atoms with Gasteiger partial charge in [-0.25, -0.2) is 6.57 Å². The summed E-state index contributed by atoms with van der Waals surface area (Å²) in [5.41, 5.74) is 0.681. The summed E-state index contributed by atoms with van der Waals surface area (Å²) in [6, 6.07) is 7.80. The van der Waals surface area contributed by atoms with Crippen LogP contribution >= 0.6 is 0 Å². The fraction of sp³-hybridized carbons (Fsp3) is 0.579. The number of methoxy groups -OCH3 is 1. The lowest BCUT2D eigenvalue weighted by Crippen LogP contribution is -2.71. The van der Waals surface area contributed by atoms with Crippen LogP contribution in [0.25, 0.3) is 4.85 Å². The first-order chi connectivity index (χ1) is 11.5. The van der Waals surface area contributed by atoms with E-state index in [-0.39, 0.29) is 11.9 Å². The van der Waals surface area contributed by atoms with E-state index in [2.05, 4.69) is 23.6 Å². The normalized spacial score (nSPS) is 26.7. The first-order valence-corrected chi connectivity index (χ1v) is 8.52. The SMILES string of the molecule is [C-]#[N+][C@@H]1CN(CC(C)C)C2(C1)CN(Cc1ccc(OC)cc1)C2=O. The number of hydrogen-bond acceptors (Lipinski definition) is 3. The summed E-state index contributed by atoms with van der Waals surface area (Å²) in [4.78, 5) is 20.8. The van der Waals surface area contributed by atoms with Gasteiger partial charge < -0.3 is 14.5 Å². The Kier molecular flexibility index (Phi) is 4.51. The molecule has 2 aliphatic heterocycles. The molecule has 0 saturated carbocycles. The third-order valence-corrected chi connectivity index (χ3v) is 5.05. The van der Waals surface area contributed by atoms with Crippen LogP contribution in [0.1, 0.15) is 25.8 Å². The van der Waals surface area contributed by atoms with Crippen molar-refractivity contribution in [3.05, 3.63) is 41.2 Å². The fourth-order valence-electron chi connectivity index (χ4n) is 3.91. The molecule has 0 radical (unpaired) electrons. The highest BCUT2D eigenvalue weighted by Crippen LogP contribution is 2.41. The minimum Gasteiger partial charge on any atom is -0.497 e. The van der Waals surface area contributed by atoms with Gasteiger partial charge in [0.05, 0.1) is 20.1 Å². The van der Waals surface area contributed by atoms with Crippen LogP contribution in [0.15, 0.2) is 24.3 Å². The summed E-state index contributed by atoms with van der Waals surface area (Å²) in [6.07, 6.45) is 0.682. The van der Waals surface area contributed by atoms with Crippen LogP contribution < -0.4 is 4.74 Å². The van der Waals surface area contributed by atoms with E-state index in [4.69, 9.17) is 11.3 Å². The Labute approximate surface area is 144 Å². The van der Waals surface area contributed by atoms with Crippen molar-refractivity contribution >= 4 is 5.91 Å². The summed E-state index contributed by atoms with van der Waals surface area (Å²) in [6.45, 7) is 14.6. The number of benzene rings is 1. The van der Waals surface area contributed by atoms with E-state index in [1.807, 2.05) is 29.2 Å². The van der Waals surface area contributed by atoms with Crippen molar-refractivity contribution in [2.45, 2.75) is 38.4 Å². The van der Waals surface area contributed by atoms with E-state index in [9.17, 15) is 4.79 Å². The van der Waals surface area contributed by atoms with Crippen molar-refractivity contribution in [2.75, 3.05) is 26.7 Å². The number of rotatable bonds is 5. The number of hydrogen-bond donors (Lipinski definition) is 0. The monoisotopic (exact) mass is 327 g/mol. The zero-order chi connectivity index (χ0) is 17.3. The smallest absolute Gasteiger partial charge is 0.245 e. The van der Waals surface area contributed by atoms with E-state index in [1.165, 1.54) is 0 Å². The highest BCUT2D eigenvalue weighted by atomic mass is 16.5. The van der Waals surface area contributed by atoms with Crippen LogP contribution in [0.3, 0.4) is 0 Å². The third-order valence-electron chi connectivity index (χ3n) is 5.05. The van der Waals surface area contributed by atoms with Crippen LogP contribution in [-0.2, 0) is 11.3 Å². The predicted molar refractivity (Wildman–Crippen MR) is 92.6 cm³/mol. The van der Waals surface area contributed by atoms with E-state index >= 15 is 0 Å². The molecule has 5 nitrogen and oxygen atoms in total. The lowest BCUT2D eigenvalue weighted by molar-refractivity contribution is -0.162. The van der Waals surface area contributed by atoms with Gasteiger partial charge in [-0.3, -0.25) is 9.69 Å². The zero-order valence-electron chi connectivity index (χ0n) is 14.7. The van der Waals surface area contributed by atoms with Gasteiger partial charge in [-0.05, 0) is 23.6 Å². The molecular weight excluding hydrogens is 302 g/mol. The minimum atomic E-state index is -0.425. The summed E-state index contributed by atoms with van der Waals surface area (Å²) in [5.74, 6) is 1.50. The Morgan fingerprint density at radius 1 is 1.38 bits per heavy atom. The van der Waals surface area contributed by atoms with Crippen molar-refractivity contribution in [2.24, 2.45) is 5.92 Å². The molecule has 0 N–H and O–H groups in total. The van der Waals surface area contributed by atoms with Crippen LogP contribution in [0.2, 0.25) is 0 Å². The van der Waals surface area contributed by atoms with Gasteiger partial charge in [0.25, 0.3) is 0 Å². The van der Waals surface area contributed by atoms with Crippen LogP contribution in [0.5, 0.6) is 5.75 Å². The van der Waals surface area contributed by atoms with Crippen molar-refractivity contribution in [3.8, 4) is 5.75 Å². The molecule has 128 valence electrons. The number of nitrogens with zero attached hydrogens (tertiary/aromatic N) is 3. The van der Waals surface area contributed by atoms with Gasteiger partial charge in [0.2, 0.25) is 11.9 Å². The van der Waals surface area contributed by atoms with Gasteiger partial charge in [-0.2, -0.15) is 0 Å². The van der Waals surface area contributed by atoms with Gasteiger partial charge in [-0.15, -0.1) is 0 Å². The Hall–Kier alpha value is -2.06. The molecule has 2 saturated heterocycles. The van der Waals surface area contributed by atoms with E-state index in [0.717, 1.165) is 30.9 Å². The topological polar surface area (TPSA) is 37.1 Å².